The van der Waals surface area contributed by atoms with Crippen LogP contribution < -0.4 is 10.0 Å². The second kappa shape index (κ2) is 2.20. The molecule has 2 rings (SSSR count). The van der Waals surface area contributed by atoms with E-state index in [9.17, 15) is 8.42 Å². The van der Waals surface area contributed by atoms with Gasteiger partial charge in [-0.05, 0) is 0 Å². The monoisotopic (exact) mass is 188 g/mol. The fourth-order valence-corrected chi connectivity index (χ4v) is 2.34. The molecule has 7 heteroatoms. The zero-order chi connectivity index (χ0) is 8.77. The van der Waals surface area contributed by atoms with Crippen LogP contribution in [0.2, 0.25) is 0 Å². The smallest absolute Gasteiger partial charge is 0.261 e. The summed E-state index contributed by atoms with van der Waals surface area (Å²) in [5.41, 5.74) is 0. The van der Waals surface area contributed by atoms with Crippen molar-refractivity contribution in [1.29, 1.82) is 0 Å². The van der Waals surface area contributed by atoms with Crippen LogP contribution in [0.25, 0.3) is 0 Å². The Balaban J connectivity index is 2.72. The summed E-state index contributed by atoms with van der Waals surface area (Å²) >= 11 is 0. The van der Waals surface area contributed by atoms with Crippen LogP contribution in [0.1, 0.15) is 0 Å². The van der Waals surface area contributed by atoms with Gasteiger partial charge < -0.3 is 9.88 Å². The van der Waals surface area contributed by atoms with Crippen molar-refractivity contribution in [3.05, 3.63) is 6.33 Å². The number of nitrogens with zero attached hydrogens (tertiary/aromatic N) is 2. The van der Waals surface area contributed by atoms with E-state index in [2.05, 4.69) is 15.0 Å². The third-order valence-corrected chi connectivity index (χ3v) is 3.17. The quantitative estimate of drug-likeness (QED) is 0.552. The minimum absolute atomic E-state index is 0.189. The van der Waals surface area contributed by atoms with Gasteiger partial charge in [-0.15, -0.1) is 0 Å². The average Bonchev–Trinajstić information content (AvgIpc) is 2.32. The fourth-order valence-electron chi connectivity index (χ4n) is 1.14. The van der Waals surface area contributed by atoms with Crippen LogP contribution >= 0.6 is 0 Å². The summed E-state index contributed by atoms with van der Waals surface area (Å²) in [4.78, 5) is 3.88. The highest BCUT2D eigenvalue weighted by atomic mass is 32.2. The largest absolute Gasteiger partial charge is 0.354 e. The maximum atomic E-state index is 11.3. The zero-order valence-electron chi connectivity index (χ0n) is 6.40. The standard InChI is InChI=1S/C5H8N4O2S/c1-9-3-7-4-5(9)12(10,11)8-2-6-4/h3,6,8H,2H2,1H3. The molecule has 0 atom stereocenters. The lowest BCUT2D eigenvalue weighted by Gasteiger charge is -2.15. The summed E-state index contributed by atoms with van der Waals surface area (Å²) < 4.78 is 26.5. The first-order valence-corrected chi connectivity index (χ1v) is 4.84. The fraction of sp³-hybridized carbons (Fsp3) is 0.400. The first-order valence-electron chi connectivity index (χ1n) is 3.36. The van der Waals surface area contributed by atoms with Crippen molar-refractivity contribution in [3.8, 4) is 0 Å². The lowest BCUT2D eigenvalue weighted by Crippen LogP contribution is -2.35. The van der Waals surface area contributed by atoms with Gasteiger partial charge >= 0.3 is 0 Å². The first kappa shape index (κ1) is 7.56. The van der Waals surface area contributed by atoms with E-state index in [1.165, 1.54) is 10.9 Å². The van der Waals surface area contributed by atoms with Crippen molar-refractivity contribution in [2.45, 2.75) is 5.03 Å². The molecule has 1 aromatic heterocycles. The molecule has 0 fully saturated rings. The predicted molar refractivity (Wildman–Crippen MR) is 42.0 cm³/mol. The molecule has 0 bridgehead atoms. The Hall–Kier alpha value is -1.08. The van der Waals surface area contributed by atoms with Crippen molar-refractivity contribution >= 4 is 15.8 Å². The van der Waals surface area contributed by atoms with Gasteiger partial charge in [-0.25, -0.2) is 13.4 Å². The van der Waals surface area contributed by atoms with Crippen molar-refractivity contribution < 1.29 is 8.42 Å². The summed E-state index contributed by atoms with van der Waals surface area (Å²) in [6.45, 7) is 0.201. The molecule has 0 spiro atoms. The predicted octanol–water partition coefficient (Wildman–Crippen LogP) is -0.919. The first-order chi connectivity index (χ1) is 5.61. The minimum Gasteiger partial charge on any atom is -0.354 e. The highest BCUT2D eigenvalue weighted by molar-refractivity contribution is 7.89. The van der Waals surface area contributed by atoms with Gasteiger partial charge in [0.25, 0.3) is 10.0 Å². The molecule has 0 unspecified atom stereocenters. The van der Waals surface area contributed by atoms with Crippen molar-refractivity contribution in [1.82, 2.24) is 14.3 Å². The molecule has 12 heavy (non-hydrogen) atoms. The molecule has 0 radical (unpaired) electrons. The van der Waals surface area contributed by atoms with Gasteiger partial charge in [0.2, 0.25) is 0 Å². The highest BCUT2D eigenvalue weighted by Crippen LogP contribution is 2.20. The number of anilines is 1. The molecular formula is C5H8N4O2S. The normalized spacial score (nSPS) is 19.8. The molecule has 0 saturated heterocycles. The molecule has 0 aliphatic carbocycles. The second-order valence-corrected chi connectivity index (χ2v) is 4.19. The minimum atomic E-state index is -3.34. The van der Waals surface area contributed by atoms with Crippen molar-refractivity contribution in [2.75, 3.05) is 12.0 Å². The number of rotatable bonds is 0. The van der Waals surface area contributed by atoms with E-state index in [0.29, 0.717) is 5.82 Å². The van der Waals surface area contributed by atoms with E-state index in [1.54, 1.807) is 7.05 Å². The van der Waals surface area contributed by atoms with Crippen molar-refractivity contribution in [2.24, 2.45) is 7.05 Å². The Morgan fingerprint density at radius 3 is 3.08 bits per heavy atom. The molecule has 66 valence electrons. The van der Waals surface area contributed by atoms with Crippen molar-refractivity contribution in [3.63, 3.8) is 0 Å². The van der Waals surface area contributed by atoms with E-state index in [1.807, 2.05) is 0 Å². The van der Waals surface area contributed by atoms with Gasteiger partial charge in [-0.3, -0.25) is 0 Å². The third kappa shape index (κ3) is 0.901. The molecule has 0 saturated carbocycles. The summed E-state index contributed by atoms with van der Waals surface area (Å²) in [5, 5.41) is 3.01. The number of imidazole rings is 1. The van der Waals surface area contributed by atoms with Crippen LogP contribution in [0.5, 0.6) is 0 Å². The van der Waals surface area contributed by atoms with E-state index in [4.69, 9.17) is 0 Å². The Bertz CT molecular complexity index is 407. The molecule has 0 aromatic carbocycles. The number of hydrogen-bond acceptors (Lipinski definition) is 4. The van der Waals surface area contributed by atoms with E-state index in [0.717, 1.165) is 0 Å². The van der Waals surface area contributed by atoms with Crippen LogP contribution in [0.3, 0.4) is 0 Å². The molecule has 2 N–H and O–H groups in total. The van der Waals surface area contributed by atoms with Gasteiger partial charge in [0.15, 0.2) is 10.8 Å². The van der Waals surface area contributed by atoms with Gasteiger partial charge in [-0.1, -0.05) is 0 Å². The van der Waals surface area contributed by atoms with Crippen LogP contribution in [0.15, 0.2) is 11.4 Å². The molecule has 1 aliphatic heterocycles. The Kier molecular flexibility index (Phi) is 1.39. The van der Waals surface area contributed by atoms with E-state index >= 15 is 0 Å². The van der Waals surface area contributed by atoms with Gasteiger partial charge in [-0.2, -0.15) is 4.72 Å². The number of sulfonamides is 1. The molecule has 6 nitrogen and oxygen atoms in total. The van der Waals surface area contributed by atoms with Crippen LogP contribution in [-0.2, 0) is 17.1 Å². The Labute approximate surface area is 69.7 Å². The average molecular weight is 188 g/mol. The highest BCUT2D eigenvalue weighted by Gasteiger charge is 2.26. The number of hydrogen-bond donors (Lipinski definition) is 2. The second-order valence-electron chi connectivity index (χ2n) is 2.51. The zero-order valence-corrected chi connectivity index (χ0v) is 7.22. The topological polar surface area (TPSA) is 76.0 Å². The maximum Gasteiger partial charge on any atom is 0.261 e. The van der Waals surface area contributed by atoms with E-state index in [-0.39, 0.29) is 11.7 Å². The summed E-state index contributed by atoms with van der Waals surface area (Å²) in [5.74, 6) is 0.413. The van der Waals surface area contributed by atoms with Crippen LogP contribution in [-0.4, -0.2) is 24.6 Å². The maximum absolute atomic E-state index is 11.3. The molecular weight excluding hydrogens is 180 g/mol. The van der Waals surface area contributed by atoms with Gasteiger partial charge in [0.1, 0.15) is 0 Å². The SMILES string of the molecule is Cn1cnc2c1S(=O)(=O)NCN2. The molecule has 2 heterocycles. The number of aryl methyl sites for hydroxylation is 1. The summed E-state index contributed by atoms with van der Waals surface area (Å²) in [6.07, 6.45) is 1.46. The summed E-state index contributed by atoms with van der Waals surface area (Å²) in [7, 11) is -1.70. The third-order valence-electron chi connectivity index (χ3n) is 1.66. The molecule has 1 aliphatic rings. The molecule has 1 aromatic rings. The summed E-state index contributed by atoms with van der Waals surface area (Å²) in [6, 6.07) is 0. The van der Waals surface area contributed by atoms with E-state index < -0.39 is 10.0 Å². The Morgan fingerprint density at radius 2 is 2.42 bits per heavy atom. The van der Waals surface area contributed by atoms with Crippen LogP contribution in [0.4, 0.5) is 5.82 Å². The van der Waals surface area contributed by atoms with Gasteiger partial charge in [0.05, 0.1) is 13.0 Å². The Morgan fingerprint density at radius 1 is 1.67 bits per heavy atom. The lowest BCUT2D eigenvalue weighted by atomic mass is 10.7. The van der Waals surface area contributed by atoms with Gasteiger partial charge in [0, 0.05) is 7.05 Å². The molecule has 0 amide bonds. The number of nitrogens with one attached hydrogen (secondary N) is 2. The lowest BCUT2D eigenvalue weighted by molar-refractivity contribution is 0.570. The number of aromatic nitrogens is 2. The van der Waals surface area contributed by atoms with Crippen LogP contribution in [0, 0.1) is 0 Å². The number of fused-ring (bicyclic) bond motifs is 1.